The van der Waals surface area contributed by atoms with E-state index in [1.807, 2.05) is 29.3 Å². The third kappa shape index (κ3) is 4.08. The van der Waals surface area contributed by atoms with Gasteiger partial charge in [-0.25, -0.2) is 9.98 Å². The number of imidazole rings is 1. The van der Waals surface area contributed by atoms with E-state index in [1.165, 1.54) is 5.56 Å². The summed E-state index contributed by atoms with van der Waals surface area (Å²) in [4.78, 5) is 10.9. The number of aromatic nitrogens is 2. The van der Waals surface area contributed by atoms with Crippen LogP contribution in [0.15, 0.2) is 47.7 Å². The summed E-state index contributed by atoms with van der Waals surface area (Å²) in [6.07, 6.45) is 3.78. The van der Waals surface area contributed by atoms with Crippen molar-refractivity contribution in [2.24, 2.45) is 10.7 Å². The molecule has 5 heteroatoms. The van der Waals surface area contributed by atoms with Crippen LogP contribution >= 0.6 is 0 Å². The van der Waals surface area contributed by atoms with E-state index >= 15 is 0 Å². The zero-order valence-corrected chi connectivity index (χ0v) is 12.7. The number of guanidine groups is 1. The third-order valence-corrected chi connectivity index (χ3v) is 3.47. The van der Waals surface area contributed by atoms with Crippen molar-refractivity contribution < 1.29 is 0 Å². The maximum Gasteiger partial charge on any atom is 0.191 e. The number of rotatable bonds is 6. The molecule has 0 bridgehead atoms. The first-order valence-corrected chi connectivity index (χ1v) is 7.33. The summed E-state index contributed by atoms with van der Waals surface area (Å²) < 4.78 is 2.11. The van der Waals surface area contributed by atoms with Crippen molar-refractivity contribution in [2.45, 2.75) is 26.9 Å². The Morgan fingerprint density at radius 2 is 1.95 bits per heavy atom. The van der Waals surface area contributed by atoms with Crippen LogP contribution in [0.2, 0.25) is 0 Å². The molecule has 0 saturated carbocycles. The minimum atomic E-state index is 0.502. The van der Waals surface area contributed by atoms with Crippen LogP contribution in [0.25, 0.3) is 0 Å². The number of nitrogens with two attached hydrogens (primary N) is 1. The maximum atomic E-state index is 6.00. The number of aliphatic imine (C=N–C) groups is 1. The fourth-order valence-corrected chi connectivity index (χ4v) is 2.22. The summed E-state index contributed by atoms with van der Waals surface area (Å²) in [7, 11) is 0. The van der Waals surface area contributed by atoms with Gasteiger partial charge in [-0.3, -0.25) is 0 Å². The minimum Gasteiger partial charge on any atom is -0.370 e. The van der Waals surface area contributed by atoms with Crippen LogP contribution in [-0.2, 0) is 13.1 Å². The Morgan fingerprint density at radius 1 is 1.24 bits per heavy atom. The van der Waals surface area contributed by atoms with Gasteiger partial charge in [0.2, 0.25) is 0 Å². The molecule has 0 aliphatic carbocycles. The van der Waals surface area contributed by atoms with Gasteiger partial charge in [-0.2, -0.15) is 0 Å². The predicted octanol–water partition coefficient (Wildman–Crippen LogP) is 2.09. The first-order valence-electron chi connectivity index (χ1n) is 7.33. The quantitative estimate of drug-likeness (QED) is 0.653. The molecular weight excluding hydrogens is 262 g/mol. The number of hydrogen-bond acceptors (Lipinski definition) is 2. The molecule has 5 nitrogen and oxygen atoms in total. The van der Waals surface area contributed by atoms with Gasteiger partial charge in [-0.05, 0) is 19.4 Å². The third-order valence-electron chi connectivity index (χ3n) is 3.47. The van der Waals surface area contributed by atoms with Gasteiger partial charge in [0.25, 0.3) is 0 Å². The Hall–Kier alpha value is -2.30. The highest BCUT2D eigenvalue weighted by molar-refractivity contribution is 5.77. The molecule has 21 heavy (non-hydrogen) atoms. The first kappa shape index (κ1) is 15.1. The van der Waals surface area contributed by atoms with E-state index in [9.17, 15) is 0 Å². The molecule has 1 aromatic heterocycles. The monoisotopic (exact) mass is 285 g/mol. The highest BCUT2D eigenvalue weighted by atomic mass is 15.2. The molecule has 0 aliphatic heterocycles. The van der Waals surface area contributed by atoms with Gasteiger partial charge in [0.05, 0.1) is 0 Å². The fraction of sp³-hybridized carbons (Fsp3) is 0.375. The topological polar surface area (TPSA) is 59.4 Å². The van der Waals surface area contributed by atoms with Crippen molar-refractivity contribution in [3.63, 3.8) is 0 Å². The van der Waals surface area contributed by atoms with Crippen LogP contribution < -0.4 is 5.73 Å². The van der Waals surface area contributed by atoms with Crippen molar-refractivity contribution in [1.29, 1.82) is 0 Å². The lowest BCUT2D eigenvalue weighted by molar-refractivity contribution is 0.457. The number of hydrogen-bond donors (Lipinski definition) is 1. The largest absolute Gasteiger partial charge is 0.370 e. The molecule has 0 saturated heterocycles. The molecule has 112 valence electrons. The average Bonchev–Trinajstić information content (AvgIpc) is 2.94. The van der Waals surface area contributed by atoms with Gasteiger partial charge in [-0.1, -0.05) is 30.3 Å². The molecule has 0 unspecified atom stereocenters. The van der Waals surface area contributed by atoms with Crippen LogP contribution in [0.5, 0.6) is 0 Å². The van der Waals surface area contributed by atoms with Gasteiger partial charge in [0, 0.05) is 32.0 Å². The predicted molar refractivity (Wildman–Crippen MR) is 86.0 cm³/mol. The molecule has 0 amide bonds. The lowest BCUT2D eigenvalue weighted by atomic mass is 10.2. The van der Waals surface area contributed by atoms with Crippen molar-refractivity contribution >= 4 is 5.96 Å². The molecule has 0 atom stereocenters. The molecule has 2 rings (SSSR count). The summed E-state index contributed by atoms with van der Waals surface area (Å²) in [6, 6.07) is 10.3. The van der Waals surface area contributed by atoms with Crippen LogP contribution in [-0.4, -0.2) is 33.5 Å². The molecule has 2 N–H and O–H groups in total. The van der Waals surface area contributed by atoms with Crippen molar-refractivity contribution in [1.82, 2.24) is 14.5 Å². The van der Waals surface area contributed by atoms with E-state index in [-0.39, 0.29) is 0 Å². The van der Waals surface area contributed by atoms with E-state index in [1.54, 1.807) is 6.20 Å². The van der Waals surface area contributed by atoms with Crippen molar-refractivity contribution in [2.75, 3.05) is 13.1 Å². The van der Waals surface area contributed by atoms with Crippen LogP contribution in [0.3, 0.4) is 0 Å². The van der Waals surface area contributed by atoms with E-state index in [2.05, 4.69) is 40.5 Å². The normalized spacial score (nSPS) is 11.6. The Morgan fingerprint density at radius 3 is 2.62 bits per heavy atom. The minimum absolute atomic E-state index is 0.502. The lowest BCUT2D eigenvalue weighted by Crippen LogP contribution is -2.37. The average molecular weight is 285 g/mol. The standard InChI is InChI=1S/C16H23N5/c1-3-20(4-2)16(17)19-12-15-18-10-11-21(15)13-14-8-6-5-7-9-14/h5-11H,3-4,12-13H2,1-2H3,(H2,17,19). The van der Waals surface area contributed by atoms with Crippen molar-refractivity contribution in [3.05, 3.63) is 54.1 Å². The Bertz CT molecular complexity index is 569. The molecular formula is C16H23N5. The molecule has 0 radical (unpaired) electrons. The van der Waals surface area contributed by atoms with E-state index in [0.717, 1.165) is 25.5 Å². The van der Waals surface area contributed by atoms with Gasteiger partial charge in [-0.15, -0.1) is 0 Å². The van der Waals surface area contributed by atoms with Crippen LogP contribution in [0, 0.1) is 0 Å². The lowest BCUT2D eigenvalue weighted by Gasteiger charge is -2.19. The van der Waals surface area contributed by atoms with Crippen molar-refractivity contribution in [3.8, 4) is 0 Å². The summed E-state index contributed by atoms with van der Waals surface area (Å²) >= 11 is 0. The van der Waals surface area contributed by atoms with Crippen LogP contribution in [0.4, 0.5) is 0 Å². The molecule has 2 aromatic rings. The van der Waals surface area contributed by atoms with E-state index in [0.29, 0.717) is 12.5 Å². The summed E-state index contributed by atoms with van der Waals surface area (Å²) in [5, 5.41) is 0. The number of nitrogens with zero attached hydrogens (tertiary/aromatic N) is 4. The number of benzene rings is 1. The Kier molecular flexibility index (Phi) is 5.37. The first-order chi connectivity index (χ1) is 10.2. The van der Waals surface area contributed by atoms with Gasteiger partial charge in [0.15, 0.2) is 5.96 Å². The van der Waals surface area contributed by atoms with Crippen LogP contribution in [0.1, 0.15) is 25.2 Å². The SMILES string of the molecule is CCN(CC)C(N)=NCc1nccn1Cc1ccccc1. The molecule has 0 aliphatic rings. The molecule has 0 spiro atoms. The smallest absolute Gasteiger partial charge is 0.191 e. The van der Waals surface area contributed by atoms with E-state index < -0.39 is 0 Å². The summed E-state index contributed by atoms with van der Waals surface area (Å²) in [5.74, 6) is 1.50. The summed E-state index contributed by atoms with van der Waals surface area (Å²) in [5.41, 5.74) is 7.24. The molecule has 1 aromatic carbocycles. The Labute approximate surface area is 126 Å². The second-order valence-electron chi connectivity index (χ2n) is 4.80. The highest BCUT2D eigenvalue weighted by Crippen LogP contribution is 2.06. The zero-order valence-electron chi connectivity index (χ0n) is 12.7. The fourth-order valence-electron chi connectivity index (χ4n) is 2.22. The maximum absolute atomic E-state index is 6.00. The zero-order chi connectivity index (χ0) is 15.1. The van der Waals surface area contributed by atoms with E-state index in [4.69, 9.17) is 5.73 Å². The van der Waals surface area contributed by atoms with Gasteiger partial charge in [0.1, 0.15) is 12.4 Å². The summed E-state index contributed by atoms with van der Waals surface area (Å²) in [6.45, 7) is 7.18. The Balaban J connectivity index is 2.05. The molecule has 0 fully saturated rings. The second-order valence-corrected chi connectivity index (χ2v) is 4.80. The van der Waals surface area contributed by atoms with Gasteiger partial charge < -0.3 is 15.2 Å². The second kappa shape index (κ2) is 7.47. The van der Waals surface area contributed by atoms with Gasteiger partial charge >= 0.3 is 0 Å². The molecule has 1 heterocycles. The highest BCUT2D eigenvalue weighted by Gasteiger charge is 2.05.